The quantitative estimate of drug-likeness (QED) is 0.877. The summed E-state index contributed by atoms with van der Waals surface area (Å²) in [6, 6.07) is 10.6. The molecule has 0 unspecified atom stereocenters. The molecule has 4 nitrogen and oxygen atoms in total. The smallest absolute Gasteiger partial charge is 0.411 e. The molecule has 1 amide bonds. The molecule has 0 radical (unpaired) electrons. The van der Waals surface area contributed by atoms with E-state index in [0.29, 0.717) is 10.7 Å². The number of benzene rings is 1. The maximum atomic E-state index is 11.6. The summed E-state index contributed by atoms with van der Waals surface area (Å²) in [4.78, 5) is 11.6. The second-order valence-corrected chi connectivity index (χ2v) is 4.52. The third-order valence-corrected chi connectivity index (χ3v) is 2.76. The Balaban J connectivity index is 1.84. The number of carbonyl (C=O) groups is 1. The molecule has 5 heteroatoms. The van der Waals surface area contributed by atoms with Crippen LogP contribution in [0.25, 0.3) is 0 Å². The Kier molecular flexibility index (Phi) is 4.36. The van der Waals surface area contributed by atoms with Crippen molar-refractivity contribution >= 4 is 23.4 Å². The average Bonchev–Trinajstić information content (AvgIpc) is 2.41. The first-order chi connectivity index (χ1) is 9.13. The number of nitrogens with one attached hydrogen (secondary N) is 1. The summed E-state index contributed by atoms with van der Waals surface area (Å²) in [6.45, 7) is 0.236. The summed E-state index contributed by atoms with van der Waals surface area (Å²) in [7, 11) is 1.93. The van der Waals surface area contributed by atoms with E-state index in [2.05, 4.69) is 5.32 Å². The fraction of sp³-hybridized carbons (Fsp3) is 0.143. The number of amides is 1. The molecule has 0 atom stereocenters. The van der Waals surface area contributed by atoms with Crippen molar-refractivity contribution in [2.45, 2.75) is 6.61 Å². The monoisotopic (exact) mass is 277 g/mol. The van der Waals surface area contributed by atoms with E-state index in [1.807, 2.05) is 36.1 Å². The lowest BCUT2D eigenvalue weighted by molar-refractivity contribution is -0.671. The minimum atomic E-state index is -0.490. The molecule has 2 aromatic rings. The Labute approximate surface area is 116 Å². The predicted molar refractivity (Wildman–Crippen MR) is 72.9 cm³/mol. The van der Waals surface area contributed by atoms with Gasteiger partial charge in [0, 0.05) is 28.4 Å². The van der Waals surface area contributed by atoms with Crippen molar-refractivity contribution in [2.75, 3.05) is 5.32 Å². The molecule has 0 aliphatic heterocycles. The maximum Gasteiger partial charge on any atom is 0.411 e. The van der Waals surface area contributed by atoms with E-state index in [9.17, 15) is 4.79 Å². The van der Waals surface area contributed by atoms with Gasteiger partial charge in [-0.3, -0.25) is 5.32 Å². The van der Waals surface area contributed by atoms with Crippen LogP contribution in [0.3, 0.4) is 0 Å². The SMILES string of the molecule is C[n+]1ccc(COC(=O)Nc2ccc(Cl)cc2)cc1. The summed E-state index contributed by atoms with van der Waals surface area (Å²) in [5, 5.41) is 3.25. The highest BCUT2D eigenvalue weighted by atomic mass is 35.5. The van der Waals surface area contributed by atoms with Gasteiger partial charge in [0.1, 0.15) is 13.7 Å². The standard InChI is InChI=1S/C14H13ClN2O2/c1-17-8-6-11(7-9-17)10-19-14(18)16-13-4-2-12(15)3-5-13/h2-9H,10H2,1H3/p+1. The number of anilines is 1. The highest BCUT2D eigenvalue weighted by Crippen LogP contribution is 2.13. The molecule has 0 spiro atoms. The van der Waals surface area contributed by atoms with Crippen molar-refractivity contribution in [3.05, 3.63) is 59.4 Å². The molecule has 98 valence electrons. The molecule has 19 heavy (non-hydrogen) atoms. The third-order valence-electron chi connectivity index (χ3n) is 2.51. The Hall–Kier alpha value is -2.07. The Bertz CT molecular complexity index is 553. The molecule has 0 aliphatic rings. The van der Waals surface area contributed by atoms with Crippen LogP contribution in [0.1, 0.15) is 5.56 Å². The number of halogens is 1. The number of ether oxygens (including phenoxy) is 1. The number of pyridine rings is 1. The first-order valence-electron chi connectivity index (χ1n) is 5.77. The predicted octanol–water partition coefficient (Wildman–Crippen LogP) is 2.91. The Morgan fingerprint density at radius 1 is 1.21 bits per heavy atom. The van der Waals surface area contributed by atoms with Crippen LogP contribution in [0.15, 0.2) is 48.8 Å². The van der Waals surface area contributed by atoms with Gasteiger partial charge >= 0.3 is 6.09 Å². The van der Waals surface area contributed by atoms with E-state index in [1.54, 1.807) is 24.3 Å². The third kappa shape index (κ3) is 4.26. The van der Waals surface area contributed by atoms with Crippen molar-refractivity contribution in [3.63, 3.8) is 0 Å². The number of rotatable bonds is 3. The molecule has 0 saturated heterocycles. The van der Waals surface area contributed by atoms with Crippen molar-refractivity contribution in [1.82, 2.24) is 0 Å². The van der Waals surface area contributed by atoms with E-state index < -0.39 is 6.09 Å². The van der Waals surface area contributed by atoms with Crippen LogP contribution in [0.4, 0.5) is 10.5 Å². The molecule has 2 rings (SSSR count). The van der Waals surface area contributed by atoms with Gasteiger partial charge in [-0.2, -0.15) is 0 Å². The number of aromatic nitrogens is 1. The Morgan fingerprint density at radius 2 is 1.84 bits per heavy atom. The van der Waals surface area contributed by atoms with E-state index >= 15 is 0 Å². The van der Waals surface area contributed by atoms with Gasteiger partial charge in [-0.25, -0.2) is 9.36 Å². The van der Waals surface area contributed by atoms with Gasteiger partial charge < -0.3 is 4.74 Å². The van der Waals surface area contributed by atoms with Crippen LogP contribution in [-0.2, 0) is 18.4 Å². The number of hydrogen-bond donors (Lipinski definition) is 1. The van der Waals surface area contributed by atoms with Crippen LogP contribution in [0, 0.1) is 0 Å². The zero-order valence-electron chi connectivity index (χ0n) is 10.5. The summed E-state index contributed by atoms with van der Waals surface area (Å²) < 4.78 is 7.02. The van der Waals surface area contributed by atoms with Gasteiger partial charge in [-0.1, -0.05) is 11.6 Å². The van der Waals surface area contributed by atoms with Crippen molar-refractivity contribution in [2.24, 2.45) is 7.05 Å². The van der Waals surface area contributed by atoms with E-state index in [0.717, 1.165) is 5.56 Å². The first kappa shape index (κ1) is 13.4. The number of nitrogens with zero attached hydrogens (tertiary/aromatic N) is 1. The molecule has 0 saturated carbocycles. The summed E-state index contributed by atoms with van der Waals surface area (Å²) in [5.74, 6) is 0. The molecular weight excluding hydrogens is 264 g/mol. The zero-order valence-corrected chi connectivity index (χ0v) is 11.2. The highest BCUT2D eigenvalue weighted by molar-refractivity contribution is 6.30. The molecule has 0 fully saturated rings. The fourth-order valence-corrected chi connectivity index (χ4v) is 1.59. The number of hydrogen-bond acceptors (Lipinski definition) is 2. The van der Waals surface area contributed by atoms with Gasteiger partial charge in [-0.05, 0) is 24.3 Å². The van der Waals surface area contributed by atoms with Crippen LogP contribution in [-0.4, -0.2) is 6.09 Å². The van der Waals surface area contributed by atoms with Gasteiger partial charge in [0.25, 0.3) is 0 Å². The zero-order chi connectivity index (χ0) is 13.7. The minimum Gasteiger partial charge on any atom is -0.444 e. The second-order valence-electron chi connectivity index (χ2n) is 4.08. The average molecular weight is 278 g/mol. The van der Waals surface area contributed by atoms with E-state index in [1.165, 1.54) is 0 Å². The lowest BCUT2D eigenvalue weighted by atomic mass is 10.3. The topological polar surface area (TPSA) is 42.2 Å². The molecule has 1 aromatic heterocycles. The van der Waals surface area contributed by atoms with Gasteiger partial charge in [-0.15, -0.1) is 0 Å². The summed E-state index contributed by atoms with van der Waals surface area (Å²) in [6.07, 6.45) is 3.31. The number of aryl methyl sites for hydroxylation is 1. The van der Waals surface area contributed by atoms with E-state index in [-0.39, 0.29) is 6.61 Å². The van der Waals surface area contributed by atoms with Crippen LogP contribution >= 0.6 is 11.6 Å². The maximum absolute atomic E-state index is 11.6. The van der Waals surface area contributed by atoms with Crippen LogP contribution in [0.5, 0.6) is 0 Å². The molecule has 1 N–H and O–H groups in total. The lowest BCUT2D eigenvalue weighted by Gasteiger charge is -2.06. The summed E-state index contributed by atoms with van der Waals surface area (Å²) in [5.41, 5.74) is 1.58. The largest absolute Gasteiger partial charge is 0.444 e. The molecule has 0 aliphatic carbocycles. The number of carbonyl (C=O) groups excluding carboxylic acids is 1. The van der Waals surface area contributed by atoms with E-state index in [4.69, 9.17) is 16.3 Å². The molecule has 0 bridgehead atoms. The van der Waals surface area contributed by atoms with Crippen molar-refractivity contribution in [1.29, 1.82) is 0 Å². The van der Waals surface area contributed by atoms with Crippen molar-refractivity contribution in [3.8, 4) is 0 Å². The highest BCUT2D eigenvalue weighted by Gasteiger charge is 2.04. The normalized spacial score (nSPS) is 10.0. The summed E-state index contributed by atoms with van der Waals surface area (Å²) >= 11 is 5.76. The molecule has 1 heterocycles. The van der Waals surface area contributed by atoms with Gasteiger partial charge in [0.15, 0.2) is 12.4 Å². The lowest BCUT2D eigenvalue weighted by Crippen LogP contribution is -2.26. The first-order valence-corrected chi connectivity index (χ1v) is 6.15. The molecular formula is C14H14ClN2O2+. The minimum absolute atomic E-state index is 0.236. The molecule has 1 aromatic carbocycles. The fourth-order valence-electron chi connectivity index (χ4n) is 1.46. The van der Waals surface area contributed by atoms with Gasteiger partial charge in [0.2, 0.25) is 0 Å². The second kappa shape index (κ2) is 6.20. The van der Waals surface area contributed by atoms with Crippen LogP contribution in [0.2, 0.25) is 5.02 Å². The Morgan fingerprint density at radius 3 is 2.47 bits per heavy atom. The van der Waals surface area contributed by atoms with Crippen molar-refractivity contribution < 1.29 is 14.1 Å². The van der Waals surface area contributed by atoms with Crippen LogP contribution < -0.4 is 9.88 Å². The van der Waals surface area contributed by atoms with Gasteiger partial charge in [0.05, 0.1) is 0 Å².